The van der Waals surface area contributed by atoms with E-state index in [2.05, 4.69) is 25.9 Å². The molecule has 2 fully saturated rings. The van der Waals surface area contributed by atoms with E-state index in [0.717, 1.165) is 58.7 Å². The third-order valence-electron chi connectivity index (χ3n) is 5.31. The number of hydrogen-bond acceptors (Lipinski definition) is 5. The lowest BCUT2D eigenvalue weighted by Crippen LogP contribution is -2.51. The molecule has 1 amide bonds. The maximum Gasteiger partial charge on any atom is 0.223 e. The van der Waals surface area contributed by atoms with Crippen LogP contribution in [0, 0.1) is 12.3 Å². The molecule has 0 aromatic heterocycles. The molecule has 0 aliphatic carbocycles. The Hall–Kier alpha value is -1.45. The van der Waals surface area contributed by atoms with Crippen LogP contribution in [0.15, 0.2) is 10.2 Å². The average molecular weight is 332 g/mol. The quantitative estimate of drug-likeness (QED) is 0.671. The van der Waals surface area contributed by atoms with Gasteiger partial charge < -0.3 is 9.64 Å². The zero-order valence-corrected chi connectivity index (χ0v) is 14.5. The highest BCUT2D eigenvalue weighted by Crippen LogP contribution is 2.38. The Morgan fingerprint density at radius 3 is 2.71 bits per heavy atom. The average Bonchev–Trinajstić information content (AvgIpc) is 3.40. The standard InChI is InChI=1S/C18H28N4O2/c1-2-3-8-18(19-20-18)9-7-17(23)22-10-5-4-6-16(22)15-21-11-13-24-14-12-21/h1,16H,3-15H2. The number of rotatable bonds is 7. The van der Waals surface area contributed by atoms with Gasteiger partial charge in [0.1, 0.15) is 0 Å². The highest BCUT2D eigenvalue weighted by molar-refractivity contribution is 5.76. The maximum atomic E-state index is 12.8. The molecule has 1 unspecified atom stereocenters. The van der Waals surface area contributed by atoms with Crippen molar-refractivity contribution >= 4 is 5.91 Å². The molecule has 0 bridgehead atoms. The van der Waals surface area contributed by atoms with Crippen molar-refractivity contribution in [2.24, 2.45) is 10.2 Å². The molecule has 6 heteroatoms. The monoisotopic (exact) mass is 332 g/mol. The predicted molar refractivity (Wildman–Crippen MR) is 91.5 cm³/mol. The first-order valence-electron chi connectivity index (χ1n) is 9.19. The Kier molecular flexibility index (Phi) is 5.85. The van der Waals surface area contributed by atoms with Crippen LogP contribution in [0.2, 0.25) is 0 Å². The van der Waals surface area contributed by atoms with Crippen LogP contribution in [0.4, 0.5) is 0 Å². The number of ether oxygens (including phenoxy) is 1. The minimum absolute atomic E-state index is 0.255. The van der Waals surface area contributed by atoms with Gasteiger partial charge in [-0.15, -0.1) is 12.3 Å². The molecule has 0 radical (unpaired) electrons. The number of carbonyl (C=O) groups excluding carboxylic acids is 1. The van der Waals surface area contributed by atoms with Crippen LogP contribution < -0.4 is 0 Å². The molecule has 1 atom stereocenters. The van der Waals surface area contributed by atoms with Crippen molar-refractivity contribution in [3.63, 3.8) is 0 Å². The fourth-order valence-electron chi connectivity index (χ4n) is 3.72. The summed E-state index contributed by atoms with van der Waals surface area (Å²) in [5.41, 5.74) is -0.350. The summed E-state index contributed by atoms with van der Waals surface area (Å²) >= 11 is 0. The summed E-state index contributed by atoms with van der Waals surface area (Å²) < 4.78 is 5.42. The number of amides is 1. The van der Waals surface area contributed by atoms with Gasteiger partial charge in [0.15, 0.2) is 5.66 Å². The van der Waals surface area contributed by atoms with Gasteiger partial charge in [-0.25, -0.2) is 0 Å². The lowest BCUT2D eigenvalue weighted by atomic mass is 9.98. The topological polar surface area (TPSA) is 57.5 Å². The van der Waals surface area contributed by atoms with E-state index in [1.54, 1.807) is 0 Å². The van der Waals surface area contributed by atoms with E-state index < -0.39 is 0 Å². The molecular formula is C18H28N4O2. The summed E-state index contributed by atoms with van der Waals surface area (Å²) in [4.78, 5) is 17.3. The summed E-state index contributed by atoms with van der Waals surface area (Å²) in [6.45, 7) is 5.44. The molecule has 3 aliphatic heterocycles. The van der Waals surface area contributed by atoms with Crippen molar-refractivity contribution in [1.29, 1.82) is 0 Å². The molecule has 3 rings (SSSR count). The van der Waals surface area contributed by atoms with Gasteiger partial charge >= 0.3 is 0 Å². The van der Waals surface area contributed by atoms with Crippen LogP contribution >= 0.6 is 0 Å². The molecule has 0 aromatic carbocycles. The first-order chi connectivity index (χ1) is 11.7. The first kappa shape index (κ1) is 17.4. The van der Waals surface area contributed by atoms with E-state index in [4.69, 9.17) is 11.2 Å². The van der Waals surface area contributed by atoms with E-state index in [-0.39, 0.29) is 11.6 Å². The van der Waals surface area contributed by atoms with E-state index in [1.165, 1.54) is 6.42 Å². The van der Waals surface area contributed by atoms with Gasteiger partial charge in [-0.3, -0.25) is 9.69 Å². The SMILES string of the molecule is C#CCCC1(CCC(=O)N2CCCCC2CN2CCOCC2)N=N1. The van der Waals surface area contributed by atoms with Crippen molar-refractivity contribution < 1.29 is 9.53 Å². The molecule has 3 heterocycles. The Bertz CT molecular complexity index is 502. The van der Waals surface area contributed by atoms with Gasteiger partial charge in [-0.2, -0.15) is 10.2 Å². The lowest BCUT2D eigenvalue weighted by Gasteiger charge is -2.39. The van der Waals surface area contributed by atoms with Crippen molar-refractivity contribution in [2.75, 3.05) is 39.4 Å². The van der Waals surface area contributed by atoms with E-state index in [0.29, 0.717) is 25.3 Å². The van der Waals surface area contributed by atoms with E-state index >= 15 is 0 Å². The molecule has 2 saturated heterocycles. The first-order valence-corrected chi connectivity index (χ1v) is 9.19. The largest absolute Gasteiger partial charge is 0.379 e. The third-order valence-corrected chi connectivity index (χ3v) is 5.31. The lowest BCUT2D eigenvalue weighted by molar-refractivity contribution is -0.135. The number of carbonyl (C=O) groups is 1. The Morgan fingerprint density at radius 2 is 2.00 bits per heavy atom. The number of terminal acetylenes is 1. The maximum absolute atomic E-state index is 12.8. The summed E-state index contributed by atoms with van der Waals surface area (Å²) in [7, 11) is 0. The highest BCUT2D eigenvalue weighted by Gasteiger charge is 2.40. The molecule has 24 heavy (non-hydrogen) atoms. The second kappa shape index (κ2) is 8.09. The van der Waals surface area contributed by atoms with Gasteiger partial charge in [0.25, 0.3) is 0 Å². The van der Waals surface area contributed by atoms with Gasteiger partial charge in [0.05, 0.1) is 13.2 Å². The zero-order valence-electron chi connectivity index (χ0n) is 14.5. The van der Waals surface area contributed by atoms with E-state index in [9.17, 15) is 4.79 Å². The summed E-state index contributed by atoms with van der Waals surface area (Å²) in [6.07, 6.45) is 11.4. The second-order valence-corrected chi connectivity index (χ2v) is 7.04. The van der Waals surface area contributed by atoms with Gasteiger partial charge in [0, 0.05) is 57.9 Å². The highest BCUT2D eigenvalue weighted by atomic mass is 16.5. The third kappa shape index (κ3) is 4.55. The number of morpholine rings is 1. The van der Waals surface area contributed by atoms with Gasteiger partial charge in [-0.05, 0) is 19.3 Å². The van der Waals surface area contributed by atoms with Crippen LogP contribution in [0.1, 0.15) is 44.9 Å². The van der Waals surface area contributed by atoms with Gasteiger partial charge in [0.2, 0.25) is 5.91 Å². The Labute approximate surface area is 144 Å². The second-order valence-electron chi connectivity index (χ2n) is 7.04. The molecule has 0 saturated carbocycles. The minimum Gasteiger partial charge on any atom is -0.379 e. The number of piperidine rings is 1. The fourth-order valence-corrected chi connectivity index (χ4v) is 3.72. The fraction of sp³-hybridized carbons (Fsp3) is 0.833. The summed E-state index contributed by atoms with van der Waals surface area (Å²) in [6, 6.07) is 0.346. The van der Waals surface area contributed by atoms with Crippen LogP contribution in [0.3, 0.4) is 0 Å². The smallest absolute Gasteiger partial charge is 0.223 e. The van der Waals surface area contributed by atoms with Crippen LogP contribution in [-0.4, -0.2) is 66.8 Å². The molecule has 3 aliphatic rings. The molecule has 132 valence electrons. The molecular weight excluding hydrogens is 304 g/mol. The van der Waals surface area contributed by atoms with Crippen molar-refractivity contribution in [3.8, 4) is 12.3 Å². The summed E-state index contributed by atoms with van der Waals surface area (Å²) in [5.74, 6) is 2.89. The summed E-state index contributed by atoms with van der Waals surface area (Å²) in [5, 5.41) is 8.28. The molecule has 6 nitrogen and oxygen atoms in total. The number of likely N-dealkylation sites (tertiary alicyclic amines) is 1. The minimum atomic E-state index is -0.350. The van der Waals surface area contributed by atoms with E-state index in [1.807, 2.05) is 0 Å². The van der Waals surface area contributed by atoms with Crippen molar-refractivity contribution in [2.45, 2.75) is 56.7 Å². The molecule has 0 N–H and O–H groups in total. The van der Waals surface area contributed by atoms with Crippen LogP contribution in [-0.2, 0) is 9.53 Å². The van der Waals surface area contributed by atoms with Gasteiger partial charge in [-0.1, -0.05) is 0 Å². The Morgan fingerprint density at radius 1 is 1.21 bits per heavy atom. The predicted octanol–water partition coefficient (Wildman–Crippen LogP) is 2.06. The zero-order chi connectivity index (χ0) is 16.8. The van der Waals surface area contributed by atoms with Crippen LogP contribution in [0.5, 0.6) is 0 Å². The number of nitrogens with zero attached hydrogens (tertiary/aromatic N) is 4. The van der Waals surface area contributed by atoms with Crippen LogP contribution in [0.25, 0.3) is 0 Å². The normalized spacial score (nSPS) is 26.1. The Balaban J connectivity index is 1.49. The molecule has 0 aromatic rings. The van der Waals surface area contributed by atoms with Crippen molar-refractivity contribution in [1.82, 2.24) is 9.80 Å². The number of hydrogen-bond donors (Lipinski definition) is 0. The molecule has 0 spiro atoms. The van der Waals surface area contributed by atoms with Crippen molar-refractivity contribution in [3.05, 3.63) is 0 Å².